The van der Waals surface area contributed by atoms with Crippen molar-refractivity contribution in [1.29, 1.82) is 0 Å². The number of nitrogens with zero attached hydrogens (tertiary/aromatic N) is 1. The highest BCUT2D eigenvalue weighted by Crippen LogP contribution is 2.27. The highest BCUT2D eigenvalue weighted by molar-refractivity contribution is 5.72. The van der Waals surface area contributed by atoms with Gasteiger partial charge in [0.2, 0.25) is 6.20 Å². The quantitative estimate of drug-likeness (QED) is 0.577. The van der Waals surface area contributed by atoms with Gasteiger partial charge in [-0.25, -0.2) is 0 Å². The van der Waals surface area contributed by atoms with E-state index < -0.39 is 0 Å². The van der Waals surface area contributed by atoms with Crippen molar-refractivity contribution in [2.24, 2.45) is 0 Å². The molecule has 0 aliphatic rings. The van der Waals surface area contributed by atoms with Gasteiger partial charge in [-0.2, -0.15) is 0 Å². The Kier molecular flexibility index (Phi) is 5.75. The highest BCUT2D eigenvalue weighted by atomic mass is 16.6. The van der Waals surface area contributed by atoms with Crippen LogP contribution >= 0.6 is 0 Å². The van der Waals surface area contributed by atoms with Gasteiger partial charge in [-0.15, -0.1) is 0 Å². The molecule has 1 aromatic carbocycles. The summed E-state index contributed by atoms with van der Waals surface area (Å²) in [5.74, 6) is 0. The average Bonchev–Trinajstić information content (AvgIpc) is 2.58. The topological polar surface area (TPSA) is 13.1 Å². The third-order valence-corrected chi connectivity index (χ3v) is 4.23. The van der Waals surface area contributed by atoms with Gasteiger partial charge in [0.15, 0.2) is 0 Å². The fourth-order valence-corrected chi connectivity index (χ4v) is 2.71. The predicted octanol–water partition coefficient (Wildman–Crippen LogP) is 4.69. The van der Waals surface area contributed by atoms with Gasteiger partial charge in [0.1, 0.15) is 7.11 Å². The molecule has 2 aromatic rings. The van der Waals surface area contributed by atoms with Crippen molar-refractivity contribution in [1.82, 2.24) is 0 Å². The maximum atomic E-state index is 5.50. The molecule has 0 amide bonds. The standard InChI is InChI=1S/C21H26NO/c1-6-8-11-18(7-2)21-15-19(13-14-22(21)23-5)20-12-9-10-16(3)17(20)4/h6,8-15H,7H2,1-5H3/q+1/b8-6-,18-11+. The first-order chi connectivity index (χ1) is 11.1. The Morgan fingerprint density at radius 2 is 2.00 bits per heavy atom. The molecular weight excluding hydrogens is 282 g/mol. The smallest absolute Gasteiger partial charge is 0.261 e. The monoisotopic (exact) mass is 308 g/mol. The van der Waals surface area contributed by atoms with Gasteiger partial charge in [-0.1, -0.05) is 43.4 Å². The molecule has 0 atom stereocenters. The van der Waals surface area contributed by atoms with E-state index in [-0.39, 0.29) is 0 Å². The number of allylic oxidation sites excluding steroid dienone is 4. The zero-order chi connectivity index (χ0) is 16.8. The van der Waals surface area contributed by atoms with E-state index in [1.54, 1.807) is 7.11 Å². The van der Waals surface area contributed by atoms with Gasteiger partial charge in [-0.3, -0.25) is 4.84 Å². The molecule has 0 unspecified atom stereocenters. The molecule has 0 N–H and O–H groups in total. The number of benzene rings is 1. The fraction of sp³-hybridized carbons (Fsp3) is 0.286. The number of hydrogen-bond acceptors (Lipinski definition) is 1. The Labute approximate surface area is 139 Å². The molecule has 0 bridgehead atoms. The molecule has 2 heteroatoms. The molecule has 0 saturated carbocycles. The molecule has 0 fully saturated rings. The van der Waals surface area contributed by atoms with Gasteiger partial charge in [0.05, 0.1) is 0 Å². The van der Waals surface area contributed by atoms with Crippen molar-refractivity contribution in [3.63, 3.8) is 0 Å². The van der Waals surface area contributed by atoms with Crippen molar-refractivity contribution in [3.05, 3.63) is 71.6 Å². The summed E-state index contributed by atoms with van der Waals surface area (Å²) in [5, 5.41) is 0. The maximum absolute atomic E-state index is 5.50. The second-order valence-corrected chi connectivity index (χ2v) is 5.63. The summed E-state index contributed by atoms with van der Waals surface area (Å²) in [5.41, 5.74) is 7.46. The van der Waals surface area contributed by atoms with Crippen LogP contribution in [-0.2, 0) is 0 Å². The second kappa shape index (κ2) is 7.77. The Bertz CT molecular complexity index is 742. The van der Waals surface area contributed by atoms with Crippen molar-refractivity contribution >= 4 is 5.57 Å². The summed E-state index contributed by atoms with van der Waals surface area (Å²) in [4.78, 5) is 5.50. The van der Waals surface area contributed by atoms with Crippen LogP contribution < -0.4 is 9.57 Å². The molecule has 0 aliphatic carbocycles. The van der Waals surface area contributed by atoms with Crippen LogP contribution in [0, 0.1) is 13.8 Å². The summed E-state index contributed by atoms with van der Waals surface area (Å²) in [6.07, 6.45) is 9.21. The van der Waals surface area contributed by atoms with Crippen LogP contribution in [0.5, 0.6) is 0 Å². The molecule has 0 radical (unpaired) electrons. The molecule has 0 spiro atoms. The Hall–Kier alpha value is -2.35. The third-order valence-electron chi connectivity index (χ3n) is 4.23. The fourth-order valence-electron chi connectivity index (χ4n) is 2.71. The average molecular weight is 308 g/mol. The largest absolute Gasteiger partial charge is 0.274 e. The summed E-state index contributed by atoms with van der Waals surface area (Å²) in [7, 11) is 1.70. The van der Waals surface area contributed by atoms with Gasteiger partial charge >= 0.3 is 0 Å². The van der Waals surface area contributed by atoms with E-state index in [2.05, 4.69) is 63.3 Å². The number of aromatic nitrogens is 1. The van der Waals surface area contributed by atoms with Gasteiger partial charge < -0.3 is 0 Å². The minimum absolute atomic E-state index is 0.948. The van der Waals surface area contributed by atoms with Crippen LogP contribution in [0.25, 0.3) is 16.7 Å². The second-order valence-electron chi connectivity index (χ2n) is 5.63. The predicted molar refractivity (Wildman–Crippen MR) is 97.1 cm³/mol. The first kappa shape index (κ1) is 17.0. The Balaban J connectivity index is 2.61. The number of aryl methyl sites for hydroxylation is 1. The molecule has 0 aliphatic heterocycles. The third kappa shape index (κ3) is 3.70. The number of rotatable bonds is 5. The SMILES string of the molecule is C/C=C\C=C(/CC)c1cc(-c2cccc(C)c2C)cc[n+]1OC. The lowest BCUT2D eigenvalue weighted by Crippen LogP contribution is -2.43. The van der Waals surface area contributed by atoms with Crippen molar-refractivity contribution in [2.75, 3.05) is 7.11 Å². The molecule has 1 aromatic heterocycles. The molecule has 23 heavy (non-hydrogen) atoms. The Morgan fingerprint density at radius 1 is 1.22 bits per heavy atom. The van der Waals surface area contributed by atoms with Crippen LogP contribution in [0.2, 0.25) is 0 Å². The first-order valence-corrected chi connectivity index (χ1v) is 8.11. The van der Waals surface area contributed by atoms with Gasteiger partial charge in [0, 0.05) is 22.4 Å². The molecule has 2 rings (SSSR count). The van der Waals surface area contributed by atoms with Crippen LogP contribution in [-0.4, -0.2) is 7.11 Å². The molecule has 0 saturated heterocycles. The van der Waals surface area contributed by atoms with Crippen LogP contribution in [0.15, 0.2) is 54.8 Å². The highest BCUT2D eigenvalue weighted by Gasteiger charge is 2.18. The van der Waals surface area contributed by atoms with E-state index in [9.17, 15) is 0 Å². The van der Waals surface area contributed by atoms with E-state index >= 15 is 0 Å². The molecule has 2 nitrogen and oxygen atoms in total. The van der Waals surface area contributed by atoms with E-state index in [1.807, 2.05) is 23.9 Å². The summed E-state index contributed by atoms with van der Waals surface area (Å²) < 4.78 is 1.83. The van der Waals surface area contributed by atoms with E-state index in [1.165, 1.54) is 27.8 Å². The zero-order valence-electron chi connectivity index (χ0n) is 14.8. The summed E-state index contributed by atoms with van der Waals surface area (Å²) in [6.45, 7) is 8.53. The van der Waals surface area contributed by atoms with Crippen LogP contribution in [0.4, 0.5) is 0 Å². The molecule has 120 valence electrons. The van der Waals surface area contributed by atoms with E-state index in [0.717, 1.165) is 12.1 Å². The number of pyridine rings is 1. The summed E-state index contributed by atoms with van der Waals surface area (Å²) in [6, 6.07) is 10.8. The van der Waals surface area contributed by atoms with Crippen LogP contribution in [0.3, 0.4) is 0 Å². The maximum Gasteiger partial charge on any atom is 0.261 e. The molecular formula is C21H26NO+. The van der Waals surface area contributed by atoms with E-state index in [4.69, 9.17) is 4.84 Å². The van der Waals surface area contributed by atoms with Crippen molar-refractivity contribution in [3.8, 4) is 11.1 Å². The van der Waals surface area contributed by atoms with Crippen molar-refractivity contribution < 1.29 is 9.57 Å². The van der Waals surface area contributed by atoms with Crippen molar-refractivity contribution in [2.45, 2.75) is 34.1 Å². The van der Waals surface area contributed by atoms with E-state index in [0.29, 0.717) is 0 Å². The lowest BCUT2D eigenvalue weighted by molar-refractivity contribution is -0.887. The molecule has 1 heterocycles. The number of hydrogen-bond donors (Lipinski definition) is 0. The van der Waals surface area contributed by atoms with Crippen LogP contribution in [0.1, 0.15) is 37.1 Å². The zero-order valence-corrected chi connectivity index (χ0v) is 14.8. The minimum atomic E-state index is 0.948. The van der Waals surface area contributed by atoms with Gasteiger partial charge in [-0.05, 0) is 49.4 Å². The lowest BCUT2D eigenvalue weighted by Gasteiger charge is -2.10. The first-order valence-electron chi connectivity index (χ1n) is 8.11. The van der Waals surface area contributed by atoms with Gasteiger partial charge in [0.25, 0.3) is 5.69 Å². The lowest BCUT2D eigenvalue weighted by atomic mass is 9.96. The Morgan fingerprint density at radius 3 is 2.65 bits per heavy atom. The normalized spacial score (nSPS) is 12.0. The minimum Gasteiger partial charge on any atom is -0.274 e. The summed E-state index contributed by atoms with van der Waals surface area (Å²) >= 11 is 0.